The van der Waals surface area contributed by atoms with Crippen LogP contribution in [0.1, 0.15) is 0 Å². The molecule has 0 aromatic carbocycles. The van der Waals surface area contributed by atoms with Gasteiger partial charge in [0.25, 0.3) is 0 Å². The number of nitrogens with one attached hydrogen (secondary N) is 1. The topological polar surface area (TPSA) is 28.2 Å². The number of hydrogen-bond acceptors (Lipinski definition) is 4. The average Bonchev–Trinajstić information content (AvgIpc) is 2.75. The van der Waals surface area contributed by atoms with Crippen molar-refractivity contribution >= 4 is 28.1 Å². The first-order valence-corrected chi connectivity index (χ1v) is 6.15. The van der Waals surface area contributed by atoms with Crippen LogP contribution in [-0.4, -0.2) is 31.2 Å². The fourth-order valence-corrected chi connectivity index (χ4v) is 3.37. The predicted molar refractivity (Wildman–Crippen MR) is 59.2 cm³/mol. The van der Waals surface area contributed by atoms with Crippen LogP contribution in [0.15, 0.2) is 5.38 Å². The van der Waals surface area contributed by atoms with Crippen molar-refractivity contribution < 1.29 is 0 Å². The SMILES string of the molecule is Clc1csc(N2CC3CNCC3C2)n1. The summed E-state index contributed by atoms with van der Waals surface area (Å²) in [5, 5.41) is 7.05. The molecule has 1 N–H and O–H groups in total. The van der Waals surface area contributed by atoms with Crippen molar-refractivity contribution in [1.29, 1.82) is 0 Å². The van der Waals surface area contributed by atoms with Crippen molar-refractivity contribution in [2.24, 2.45) is 11.8 Å². The lowest BCUT2D eigenvalue weighted by Gasteiger charge is -2.15. The van der Waals surface area contributed by atoms with E-state index < -0.39 is 0 Å². The van der Waals surface area contributed by atoms with Crippen LogP contribution in [0.3, 0.4) is 0 Å². The van der Waals surface area contributed by atoms with Gasteiger partial charge in [0, 0.05) is 31.6 Å². The van der Waals surface area contributed by atoms with Gasteiger partial charge < -0.3 is 10.2 Å². The van der Waals surface area contributed by atoms with Crippen LogP contribution in [0.2, 0.25) is 5.15 Å². The summed E-state index contributed by atoms with van der Waals surface area (Å²) < 4.78 is 0. The number of rotatable bonds is 1. The number of hydrogen-bond donors (Lipinski definition) is 1. The van der Waals surface area contributed by atoms with Crippen LogP contribution in [0.4, 0.5) is 5.13 Å². The molecule has 2 atom stereocenters. The number of nitrogens with zero attached hydrogens (tertiary/aromatic N) is 2. The van der Waals surface area contributed by atoms with Crippen molar-refractivity contribution in [3.63, 3.8) is 0 Å². The molecule has 0 amide bonds. The Kier molecular flexibility index (Phi) is 2.15. The quantitative estimate of drug-likeness (QED) is 0.790. The van der Waals surface area contributed by atoms with Gasteiger partial charge in [0.15, 0.2) is 5.13 Å². The summed E-state index contributed by atoms with van der Waals surface area (Å²) in [4.78, 5) is 6.68. The largest absolute Gasteiger partial charge is 0.347 e. The fraction of sp³-hybridized carbons (Fsp3) is 0.667. The van der Waals surface area contributed by atoms with Crippen molar-refractivity contribution in [1.82, 2.24) is 10.3 Å². The second kappa shape index (κ2) is 3.36. The van der Waals surface area contributed by atoms with Gasteiger partial charge in [-0.05, 0) is 11.8 Å². The van der Waals surface area contributed by atoms with Gasteiger partial charge in [-0.15, -0.1) is 11.3 Å². The Morgan fingerprint density at radius 3 is 2.71 bits per heavy atom. The standard InChI is InChI=1S/C9H12ClN3S/c10-8-5-14-9(12-8)13-3-6-1-11-2-7(6)4-13/h5-7,11H,1-4H2. The van der Waals surface area contributed by atoms with Crippen molar-refractivity contribution in [2.45, 2.75) is 0 Å². The normalized spacial score (nSPS) is 31.1. The Morgan fingerprint density at radius 1 is 1.43 bits per heavy atom. The molecule has 3 rings (SSSR count). The molecule has 0 spiro atoms. The van der Waals surface area contributed by atoms with E-state index >= 15 is 0 Å². The van der Waals surface area contributed by atoms with Gasteiger partial charge in [0.2, 0.25) is 0 Å². The number of thiazole rings is 1. The Balaban J connectivity index is 1.76. The fourth-order valence-electron chi connectivity index (χ4n) is 2.40. The van der Waals surface area contributed by atoms with Crippen molar-refractivity contribution in [2.75, 3.05) is 31.1 Å². The summed E-state index contributed by atoms with van der Waals surface area (Å²) in [6.45, 7) is 4.61. The molecule has 2 aliphatic heterocycles. The Bertz CT molecular complexity index is 329. The lowest BCUT2D eigenvalue weighted by molar-refractivity contribution is 0.533. The summed E-state index contributed by atoms with van der Waals surface area (Å²) in [6, 6.07) is 0. The molecule has 76 valence electrons. The first kappa shape index (κ1) is 8.95. The summed E-state index contributed by atoms with van der Waals surface area (Å²) in [7, 11) is 0. The van der Waals surface area contributed by atoms with Gasteiger partial charge in [0.1, 0.15) is 5.15 Å². The molecule has 0 bridgehead atoms. The monoisotopic (exact) mass is 229 g/mol. The highest BCUT2D eigenvalue weighted by molar-refractivity contribution is 7.14. The summed E-state index contributed by atoms with van der Waals surface area (Å²) in [5.74, 6) is 1.63. The van der Waals surface area contributed by atoms with E-state index in [2.05, 4.69) is 15.2 Å². The van der Waals surface area contributed by atoms with Crippen molar-refractivity contribution in [3.8, 4) is 0 Å². The highest BCUT2D eigenvalue weighted by atomic mass is 35.5. The molecule has 3 heterocycles. The highest BCUT2D eigenvalue weighted by Crippen LogP contribution is 2.32. The first-order chi connectivity index (χ1) is 6.83. The maximum absolute atomic E-state index is 5.82. The number of anilines is 1. The molecule has 2 fully saturated rings. The Labute approximate surface area is 92.1 Å². The third kappa shape index (κ3) is 1.42. The minimum atomic E-state index is 0.625. The molecule has 2 aliphatic rings. The zero-order valence-corrected chi connectivity index (χ0v) is 9.31. The molecule has 1 aromatic rings. The molecule has 3 nitrogen and oxygen atoms in total. The van der Waals surface area contributed by atoms with Crippen LogP contribution in [-0.2, 0) is 0 Å². The Morgan fingerprint density at radius 2 is 2.14 bits per heavy atom. The number of aromatic nitrogens is 1. The predicted octanol–water partition coefficient (Wildman–Crippen LogP) is 1.45. The molecule has 2 saturated heterocycles. The van der Waals surface area contributed by atoms with Crippen LogP contribution < -0.4 is 10.2 Å². The van der Waals surface area contributed by atoms with Crippen LogP contribution in [0.25, 0.3) is 0 Å². The maximum atomic E-state index is 5.82. The average molecular weight is 230 g/mol. The van der Waals surface area contributed by atoms with E-state index in [-0.39, 0.29) is 0 Å². The molecule has 1 aromatic heterocycles. The van der Waals surface area contributed by atoms with Crippen LogP contribution in [0, 0.1) is 11.8 Å². The summed E-state index contributed by atoms with van der Waals surface area (Å²) in [6.07, 6.45) is 0. The minimum absolute atomic E-state index is 0.625. The van der Waals surface area contributed by atoms with Gasteiger partial charge >= 0.3 is 0 Å². The van der Waals surface area contributed by atoms with Gasteiger partial charge in [-0.25, -0.2) is 4.98 Å². The maximum Gasteiger partial charge on any atom is 0.186 e. The van der Waals surface area contributed by atoms with Gasteiger partial charge in [-0.1, -0.05) is 11.6 Å². The number of halogens is 1. The van der Waals surface area contributed by atoms with Crippen molar-refractivity contribution in [3.05, 3.63) is 10.5 Å². The lowest BCUT2D eigenvalue weighted by atomic mass is 10.0. The molecule has 14 heavy (non-hydrogen) atoms. The second-order valence-corrected chi connectivity index (χ2v) is 5.26. The zero-order valence-electron chi connectivity index (χ0n) is 7.74. The van der Waals surface area contributed by atoms with E-state index in [1.807, 2.05) is 5.38 Å². The third-order valence-corrected chi connectivity index (χ3v) is 4.35. The smallest absolute Gasteiger partial charge is 0.186 e. The molecule has 0 aliphatic carbocycles. The van der Waals surface area contributed by atoms with Crippen LogP contribution >= 0.6 is 22.9 Å². The van der Waals surface area contributed by atoms with E-state index in [0.29, 0.717) is 5.15 Å². The van der Waals surface area contributed by atoms with Crippen LogP contribution in [0.5, 0.6) is 0 Å². The summed E-state index contributed by atoms with van der Waals surface area (Å²) >= 11 is 7.47. The molecule has 2 unspecified atom stereocenters. The van der Waals surface area contributed by atoms with Gasteiger partial charge in [-0.3, -0.25) is 0 Å². The lowest BCUT2D eigenvalue weighted by Crippen LogP contribution is -2.25. The van der Waals surface area contributed by atoms with E-state index in [4.69, 9.17) is 11.6 Å². The second-order valence-electron chi connectivity index (χ2n) is 4.04. The zero-order chi connectivity index (χ0) is 9.54. The van der Waals surface area contributed by atoms with E-state index in [1.54, 1.807) is 11.3 Å². The Hall–Kier alpha value is -0.320. The summed E-state index contributed by atoms with van der Waals surface area (Å²) in [5.41, 5.74) is 0. The molecule has 0 radical (unpaired) electrons. The number of fused-ring (bicyclic) bond motifs is 1. The molecular formula is C9H12ClN3S. The van der Waals surface area contributed by atoms with E-state index in [0.717, 1.165) is 30.1 Å². The third-order valence-electron chi connectivity index (χ3n) is 3.12. The molecular weight excluding hydrogens is 218 g/mol. The van der Waals surface area contributed by atoms with Gasteiger partial charge in [-0.2, -0.15) is 0 Å². The van der Waals surface area contributed by atoms with E-state index in [9.17, 15) is 0 Å². The highest BCUT2D eigenvalue weighted by Gasteiger charge is 2.36. The first-order valence-electron chi connectivity index (χ1n) is 4.89. The molecule has 0 saturated carbocycles. The minimum Gasteiger partial charge on any atom is -0.347 e. The molecule has 5 heteroatoms. The van der Waals surface area contributed by atoms with Gasteiger partial charge in [0.05, 0.1) is 0 Å². The van der Waals surface area contributed by atoms with E-state index in [1.165, 1.54) is 13.1 Å².